The van der Waals surface area contributed by atoms with Crippen LogP contribution < -0.4 is 20.1 Å². The van der Waals surface area contributed by atoms with Gasteiger partial charge in [0.2, 0.25) is 21.9 Å². The highest BCUT2D eigenvalue weighted by Crippen LogP contribution is 2.39. The maximum Gasteiger partial charge on any atom is 0.236 e. The van der Waals surface area contributed by atoms with E-state index in [-0.39, 0.29) is 11.8 Å². The highest BCUT2D eigenvalue weighted by molar-refractivity contribution is 7.91. The molecule has 0 amide bonds. The minimum atomic E-state index is -3.72. The van der Waals surface area contributed by atoms with Crippen LogP contribution in [0, 0.1) is 6.92 Å². The van der Waals surface area contributed by atoms with E-state index in [2.05, 4.69) is 25.3 Å². The zero-order valence-corrected chi connectivity index (χ0v) is 25.1. The SMILES string of the molecule is Cc1ccc2c(NS(=O)(=O)Cc3cccc(Cl)c3)cccc2c1Oc1ncccc1-c1ccnc(N[C@H]2CCCNC2)n1. The maximum atomic E-state index is 13.1. The highest BCUT2D eigenvalue weighted by atomic mass is 35.5. The Labute approximate surface area is 255 Å². The Kier molecular flexibility index (Phi) is 8.42. The van der Waals surface area contributed by atoms with Gasteiger partial charge in [0.05, 0.1) is 22.7 Å². The fourth-order valence-electron chi connectivity index (χ4n) is 5.21. The molecule has 9 nitrogen and oxygen atoms in total. The summed E-state index contributed by atoms with van der Waals surface area (Å²) in [7, 11) is -3.72. The number of halogens is 1. The molecule has 0 bridgehead atoms. The molecule has 2 aromatic heterocycles. The van der Waals surface area contributed by atoms with Crippen molar-refractivity contribution in [2.45, 2.75) is 31.6 Å². The first kappa shape index (κ1) is 28.9. The number of sulfonamides is 1. The molecule has 1 aliphatic rings. The number of rotatable bonds is 9. The van der Waals surface area contributed by atoms with E-state index in [1.54, 1.807) is 48.8 Å². The third-order valence-electron chi connectivity index (χ3n) is 7.25. The molecule has 1 fully saturated rings. The number of benzene rings is 3. The van der Waals surface area contributed by atoms with E-state index >= 15 is 0 Å². The number of pyridine rings is 1. The molecule has 3 heterocycles. The standard InChI is InChI=1S/C32H31ClN6O3S/c1-21-12-13-25-26(9-3-11-29(25)39-43(40,41)20-22-6-2-7-23(33)18-22)30(21)42-31-27(10-5-16-35-31)28-14-17-36-32(38-28)37-24-8-4-15-34-19-24/h2-3,5-7,9-14,16-18,24,34,39H,4,8,15,19-20H2,1H3,(H,36,37,38)/t24-/m0/s1. The van der Waals surface area contributed by atoms with Gasteiger partial charge in [-0.3, -0.25) is 4.72 Å². The molecule has 0 radical (unpaired) electrons. The van der Waals surface area contributed by atoms with Crippen molar-refractivity contribution < 1.29 is 13.2 Å². The highest BCUT2D eigenvalue weighted by Gasteiger charge is 2.19. The van der Waals surface area contributed by atoms with Gasteiger partial charge in [-0.25, -0.2) is 23.4 Å². The van der Waals surface area contributed by atoms with Crippen LogP contribution >= 0.6 is 11.6 Å². The van der Waals surface area contributed by atoms with Crippen molar-refractivity contribution in [3.63, 3.8) is 0 Å². The summed E-state index contributed by atoms with van der Waals surface area (Å²) in [5.74, 6) is 1.31. The first-order valence-electron chi connectivity index (χ1n) is 14.1. The van der Waals surface area contributed by atoms with Gasteiger partial charge in [-0.15, -0.1) is 0 Å². The van der Waals surface area contributed by atoms with Crippen LogP contribution in [0.5, 0.6) is 11.6 Å². The number of piperidine rings is 1. The summed E-state index contributed by atoms with van der Waals surface area (Å²) in [4.78, 5) is 13.7. The summed E-state index contributed by atoms with van der Waals surface area (Å²) < 4.78 is 35.5. The molecule has 0 spiro atoms. The lowest BCUT2D eigenvalue weighted by molar-refractivity contribution is 0.466. The molecule has 6 rings (SSSR count). The van der Waals surface area contributed by atoms with Gasteiger partial charge in [-0.1, -0.05) is 48.0 Å². The van der Waals surface area contributed by atoms with Crippen LogP contribution in [0.4, 0.5) is 11.6 Å². The van der Waals surface area contributed by atoms with Crippen LogP contribution in [0.3, 0.4) is 0 Å². The van der Waals surface area contributed by atoms with Crippen molar-refractivity contribution in [3.8, 4) is 22.9 Å². The van der Waals surface area contributed by atoms with Gasteiger partial charge in [0.15, 0.2) is 0 Å². The quantitative estimate of drug-likeness (QED) is 0.171. The predicted octanol–water partition coefficient (Wildman–Crippen LogP) is 6.55. The number of hydrogen-bond donors (Lipinski definition) is 3. The Morgan fingerprint density at radius 2 is 1.88 bits per heavy atom. The zero-order valence-electron chi connectivity index (χ0n) is 23.5. The molecule has 43 heavy (non-hydrogen) atoms. The Balaban J connectivity index is 1.30. The van der Waals surface area contributed by atoms with E-state index in [0.29, 0.717) is 50.5 Å². The van der Waals surface area contributed by atoms with Gasteiger partial charge in [-0.05, 0) is 73.8 Å². The molecule has 3 aromatic carbocycles. The molecule has 220 valence electrons. The third-order valence-corrected chi connectivity index (χ3v) is 8.73. The topological polar surface area (TPSA) is 118 Å². The largest absolute Gasteiger partial charge is 0.437 e. The normalized spacial score (nSPS) is 15.3. The van der Waals surface area contributed by atoms with Crippen molar-refractivity contribution in [3.05, 3.63) is 101 Å². The molecule has 3 N–H and O–H groups in total. The van der Waals surface area contributed by atoms with Crippen molar-refractivity contribution in [2.75, 3.05) is 23.1 Å². The van der Waals surface area contributed by atoms with Crippen LogP contribution in [0.1, 0.15) is 24.0 Å². The van der Waals surface area contributed by atoms with Crippen LogP contribution in [0.25, 0.3) is 22.0 Å². The van der Waals surface area contributed by atoms with Gasteiger partial charge in [0.25, 0.3) is 0 Å². The fourth-order valence-corrected chi connectivity index (χ4v) is 6.63. The lowest BCUT2D eigenvalue weighted by atomic mass is 10.0. The zero-order chi connectivity index (χ0) is 29.8. The second-order valence-corrected chi connectivity index (χ2v) is 12.7. The van der Waals surface area contributed by atoms with Gasteiger partial charge >= 0.3 is 0 Å². The van der Waals surface area contributed by atoms with Crippen LogP contribution in [-0.4, -0.2) is 42.5 Å². The summed E-state index contributed by atoms with van der Waals surface area (Å²) in [5, 5.41) is 8.75. The molecular weight excluding hydrogens is 584 g/mol. The van der Waals surface area contributed by atoms with Crippen LogP contribution in [-0.2, 0) is 15.8 Å². The number of nitrogens with zero attached hydrogens (tertiary/aromatic N) is 3. The summed E-state index contributed by atoms with van der Waals surface area (Å²) in [6.07, 6.45) is 5.56. The van der Waals surface area contributed by atoms with E-state index in [1.807, 2.05) is 43.3 Å². The molecule has 11 heteroatoms. The Hall–Kier alpha value is -4.25. The molecule has 1 aliphatic heterocycles. The number of ether oxygens (including phenoxy) is 1. The average Bonchev–Trinajstić information content (AvgIpc) is 2.99. The minimum absolute atomic E-state index is 0.205. The molecule has 1 atom stereocenters. The lowest BCUT2D eigenvalue weighted by Gasteiger charge is -2.23. The van der Waals surface area contributed by atoms with Crippen LogP contribution in [0.15, 0.2) is 85.2 Å². The van der Waals surface area contributed by atoms with Crippen molar-refractivity contribution in [2.24, 2.45) is 0 Å². The van der Waals surface area contributed by atoms with Gasteiger partial charge in [0.1, 0.15) is 5.75 Å². The first-order valence-corrected chi connectivity index (χ1v) is 16.1. The molecule has 1 saturated heterocycles. The van der Waals surface area contributed by atoms with E-state index in [0.717, 1.165) is 36.9 Å². The number of aromatic nitrogens is 3. The van der Waals surface area contributed by atoms with E-state index in [9.17, 15) is 8.42 Å². The Morgan fingerprint density at radius 1 is 1.00 bits per heavy atom. The number of anilines is 2. The smallest absolute Gasteiger partial charge is 0.236 e. The van der Waals surface area contributed by atoms with E-state index in [4.69, 9.17) is 21.3 Å². The second-order valence-electron chi connectivity index (χ2n) is 10.5. The number of fused-ring (bicyclic) bond motifs is 1. The van der Waals surface area contributed by atoms with Gasteiger partial charge in [-0.2, -0.15) is 0 Å². The van der Waals surface area contributed by atoms with Crippen molar-refractivity contribution in [1.82, 2.24) is 20.3 Å². The third kappa shape index (κ3) is 6.88. The maximum absolute atomic E-state index is 13.1. The van der Waals surface area contributed by atoms with Crippen LogP contribution in [0.2, 0.25) is 5.02 Å². The summed E-state index contributed by atoms with van der Waals surface area (Å²) in [5.41, 5.74) is 3.31. The van der Waals surface area contributed by atoms with Gasteiger partial charge in [0, 0.05) is 40.8 Å². The van der Waals surface area contributed by atoms with Crippen molar-refractivity contribution >= 4 is 44.0 Å². The minimum Gasteiger partial charge on any atom is -0.437 e. The monoisotopic (exact) mass is 614 g/mol. The second kappa shape index (κ2) is 12.5. The molecule has 5 aromatic rings. The molecular formula is C32H31ClN6O3S. The fraction of sp³-hybridized carbons (Fsp3) is 0.219. The number of hydrogen-bond acceptors (Lipinski definition) is 8. The number of aryl methyl sites for hydroxylation is 1. The Morgan fingerprint density at radius 3 is 2.72 bits per heavy atom. The summed E-state index contributed by atoms with van der Waals surface area (Å²) in [6, 6.07) is 21.9. The van der Waals surface area contributed by atoms with E-state index in [1.165, 1.54) is 0 Å². The average molecular weight is 615 g/mol. The molecule has 0 saturated carbocycles. The summed E-state index contributed by atoms with van der Waals surface area (Å²) >= 11 is 6.06. The number of nitrogens with one attached hydrogen (secondary N) is 3. The predicted molar refractivity (Wildman–Crippen MR) is 171 cm³/mol. The van der Waals surface area contributed by atoms with Gasteiger partial charge < -0.3 is 15.4 Å². The molecule has 0 aliphatic carbocycles. The Bertz CT molecular complexity index is 1880. The first-order chi connectivity index (χ1) is 20.8. The lowest BCUT2D eigenvalue weighted by Crippen LogP contribution is -2.38. The van der Waals surface area contributed by atoms with E-state index < -0.39 is 10.0 Å². The summed E-state index contributed by atoms with van der Waals surface area (Å²) in [6.45, 7) is 3.84. The molecule has 0 unspecified atom stereocenters. The van der Waals surface area contributed by atoms with Crippen molar-refractivity contribution in [1.29, 1.82) is 0 Å².